The molecular weight excluding hydrogens is 346 g/mol. The van der Waals surface area contributed by atoms with Gasteiger partial charge in [-0.2, -0.15) is 0 Å². The van der Waals surface area contributed by atoms with E-state index in [1.807, 2.05) is 30.3 Å². The van der Waals surface area contributed by atoms with E-state index in [1.54, 1.807) is 7.05 Å². The van der Waals surface area contributed by atoms with E-state index < -0.39 is 9.73 Å². The van der Waals surface area contributed by atoms with E-state index >= 15 is 0 Å². The number of hydrogen-bond acceptors (Lipinski definition) is 4. The summed E-state index contributed by atoms with van der Waals surface area (Å²) < 4.78 is 30.0. The zero-order valence-corrected chi connectivity index (χ0v) is 16.8. The van der Waals surface area contributed by atoms with Gasteiger partial charge in [-0.15, -0.1) is 0 Å². The lowest BCUT2D eigenvalue weighted by Gasteiger charge is -2.41. The molecule has 142 valence electrons. The highest BCUT2D eigenvalue weighted by atomic mass is 32.2. The van der Waals surface area contributed by atoms with Gasteiger partial charge in [0.15, 0.2) is 5.79 Å². The van der Waals surface area contributed by atoms with E-state index in [-0.39, 0.29) is 11.2 Å². The average molecular weight is 376 g/mol. The zero-order chi connectivity index (χ0) is 18.4. The third kappa shape index (κ3) is 3.37. The number of rotatable bonds is 3. The first-order chi connectivity index (χ1) is 12.3. The highest BCUT2D eigenvalue weighted by molar-refractivity contribution is 7.93. The molecule has 2 aliphatic carbocycles. The third-order valence-electron chi connectivity index (χ3n) is 5.94. The fourth-order valence-corrected chi connectivity index (χ4v) is 6.31. The van der Waals surface area contributed by atoms with Gasteiger partial charge < -0.3 is 9.47 Å². The normalized spacial score (nSPS) is 31.3. The van der Waals surface area contributed by atoms with Crippen LogP contribution in [0.1, 0.15) is 33.1 Å². The van der Waals surface area contributed by atoms with Crippen molar-refractivity contribution in [3.8, 4) is 0 Å². The lowest BCUT2D eigenvalue weighted by Crippen LogP contribution is -2.46. The standard InChI is InChI=1S/C21H29NO3S/c1-20(2)14-24-21(25-15-20)11-17-9-16(10-18(17)12-21)13-26(23,22-3)19-7-5-4-6-8-19/h4-9,17-18H,10-15H2,1-3H3/t17-,18+,26?/m1/s1. The van der Waals surface area contributed by atoms with Crippen molar-refractivity contribution in [1.82, 2.24) is 0 Å². The monoisotopic (exact) mass is 375 g/mol. The quantitative estimate of drug-likeness (QED) is 0.741. The molecule has 1 saturated heterocycles. The smallest absolute Gasteiger partial charge is 0.169 e. The van der Waals surface area contributed by atoms with Crippen LogP contribution in [0.15, 0.2) is 51.2 Å². The molecule has 26 heavy (non-hydrogen) atoms. The molecular formula is C21H29NO3S. The Labute approximate surface area is 157 Å². The molecule has 0 bridgehead atoms. The van der Waals surface area contributed by atoms with Gasteiger partial charge in [-0.05, 0) is 30.4 Å². The molecule has 1 unspecified atom stereocenters. The highest BCUT2D eigenvalue weighted by Crippen LogP contribution is 2.52. The number of nitrogens with zero attached hydrogens (tertiary/aromatic N) is 1. The van der Waals surface area contributed by atoms with Gasteiger partial charge in [0.25, 0.3) is 0 Å². The van der Waals surface area contributed by atoms with Gasteiger partial charge in [0.2, 0.25) is 0 Å². The lowest BCUT2D eigenvalue weighted by molar-refractivity contribution is -0.296. The van der Waals surface area contributed by atoms with Gasteiger partial charge in [0.1, 0.15) is 0 Å². The molecule has 2 fully saturated rings. The van der Waals surface area contributed by atoms with Gasteiger partial charge in [0.05, 0.1) is 28.7 Å². The molecule has 3 aliphatic rings. The number of benzene rings is 1. The zero-order valence-electron chi connectivity index (χ0n) is 15.9. The predicted molar refractivity (Wildman–Crippen MR) is 103 cm³/mol. The van der Waals surface area contributed by atoms with Crippen molar-refractivity contribution < 1.29 is 13.7 Å². The van der Waals surface area contributed by atoms with Gasteiger partial charge in [-0.25, -0.2) is 8.57 Å². The molecule has 0 radical (unpaired) electrons. The molecule has 0 aromatic heterocycles. The van der Waals surface area contributed by atoms with Crippen LogP contribution in [-0.2, 0) is 19.2 Å². The van der Waals surface area contributed by atoms with E-state index in [9.17, 15) is 4.21 Å². The Morgan fingerprint density at radius 2 is 1.85 bits per heavy atom. The van der Waals surface area contributed by atoms with E-state index in [1.165, 1.54) is 5.57 Å². The number of hydrogen-bond donors (Lipinski definition) is 0. The lowest BCUT2D eigenvalue weighted by atomic mass is 9.94. The van der Waals surface area contributed by atoms with Crippen LogP contribution in [0.4, 0.5) is 0 Å². The SMILES string of the molecule is CN=S(=O)(CC1=C[C@@H]2CC3(C[C@@H]2C1)OCC(C)(C)CO3)c1ccccc1. The maximum atomic E-state index is 13.3. The second-order valence-electron chi connectivity index (χ2n) is 8.79. The molecule has 0 amide bonds. The first kappa shape index (κ1) is 18.2. The molecule has 1 spiro atoms. The summed E-state index contributed by atoms with van der Waals surface area (Å²) in [6, 6.07) is 9.66. The Kier molecular flexibility index (Phi) is 4.53. The minimum atomic E-state index is -2.37. The van der Waals surface area contributed by atoms with Crippen molar-refractivity contribution in [3.63, 3.8) is 0 Å². The molecule has 4 rings (SSSR count). The largest absolute Gasteiger partial charge is 0.349 e. The van der Waals surface area contributed by atoms with Crippen LogP contribution in [0.25, 0.3) is 0 Å². The maximum absolute atomic E-state index is 13.3. The molecule has 1 aromatic rings. The first-order valence-corrected chi connectivity index (χ1v) is 11.2. The fraction of sp³-hybridized carbons (Fsp3) is 0.619. The summed E-state index contributed by atoms with van der Waals surface area (Å²) in [5, 5.41) is 0. The molecule has 5 heteroatoms. The van der Waals surface area contributed by atoms with Crippen LogP contribution in [0.2, 0.25) is 0 Å². The number of allylic oxidation sites excluding steroid dienone is 1. The topological polar surface area (TPSA) is 47.9 Å². The Bertz CT molecular complexity index is 811. The summed E-state index contributed by atoms with van der Waals surface area (Å²) in [6.07, 6.45) is 5.19. The minimum absolute atomic E-state index is 0.105. The second kappa shape index (κ2) is 6.47. The molecule has 1 aromatic carbocycles. The number of fused-ring (bicyclic) bond motifs is 1. The number of ether oxygens (including phenoxy) is 2. The van der Waals surface area contributed by atoms with Gasteiger partial charge in [0, 0.05) is 30.2 Å². The van der Waals surface area contributed by atoms with Crippen LogP contribution in [0.5, 0.6) is 0 Å². The highest BCUT2D eigenvalue weighted by Gasteiger charge is 2.51. The summed E-state index contributed by atoms with van der Waals surface area (Å²) in [5.74, 6) is 1.18. The van der Waals surface area contributed by atoms with Crippen molar-refractivity contribution in [2.45, 2.75) is 43.8 Å². The van der Waals surface area contributed by atoms with Crippen LogP contribution in [0, 0.1) is 17.3 Å². The Hall–Kier alpha value is -1.17. The van der Waals surface area contributed by atoms with Gasteiger partial charge in [-0.1, -0.05) is 43.7 Å². The van der Waals surface area contributed by atoms with E-state index in [0.29, 0.717) is 17.6 Å². The Balaban J connectivity index is 1.46. The summed E-state index contributed by atoms with van der Waals surface area (Å²) in [6.45, 7) is 5.89. The van der Waals surface area contributed by atoms with E-state index in [0.717, 1.165) is 37.4 Å². The summed E-state index contributed by atoms with van der Waals surface area (Å²) >= 11 is 0. The van der Waals surface area contributed by atoms with E-state index in [4.69, 9.17) is 9.47 Å². The van der Waals surface area contributed by atoms with Crippen molar-refractivity contribution in [2.24, 2.45) is 21.6 Å². The maximum Gasteiger partial charge on any atom is 0.169 e. The molecule has 1 heterocycles. The molecule has 3 atom stereocenters. The fourth-order valence-electron chi connectivity index (χ4n) is 4.50. The molecule has 0 N–H and O–H groups in total. The van der Waals surface area contributed by atoms with Gasteiger partial charge >= 0.3 is 0 Å². The van der Waals surface area contributed by atoms with E-state index in [2.05, 4.69) is 24.3 Å². The first-order valence-electron chi connectivity index (χ1n) is 9.49. The van der Waals surface area contributed by atoms with Crippen molar-refractivity contribution in [1.29, 1.82) is 0 Å². The van der Waals surface area contributed by atoms with Crippen molar-refractivity contribution >= 4 is 9.73 Å². The second-order valence-corrected chi connectivity index (χ2v) is 11.2. The summed E-state index contributed by atoms with van der Waals surface area (Å²) in [7, 11) is -0.702. The summed E-state index contributed by atoms with van der Waals surface area (Å²) in [5.41, 5.74) is 1.39. The minimum Gasteiger partial charge on any atom is -0.349 e. The average Bonchev–Trinajstić information content (AvgIpc) is 3.14. The predicted octanol–water partition coefficient (Wildman–Crippen LogP) is 4.27. The van der Waals surface area contributed by atoms with Crippen LogP contribution >= 0.6 is 0 Å². The molecule has 1 aliphatic heterocycles. The summed E-state index contributed by atoms with van der Waals surface area (Å²) in [4.78, 5) is 0.832. The van der Waals surface area contributed by atoms with Crippen LogP contribution < -0.4 is 0 Å². The third-order valence-corrected chi connectivity index (χ3v) is 8.30. The van der Waals surface area contributed by atoms with Crippen molar-refractivity contribution in [2.75, 3.05) is 26.0 Å². The van der Waals surface area contributed by atoms with Gasteiger partial charge in [-0.3, -0.25) is 0 Å². The Morgan fingerprint density at radius 1 is 1.15 bits per heavy atom. The molecule has 1 saturated carbocycles. The Morgan fingerprint density at radius 3 is 2.46 bits per heavy atom. The van der Waals surface area contributed by atoms with Crippen LogP contribution in [0.3, 0.4) is 0 Å². The van der Waals surface area contributed by atoms with Crippen LogP contribution in [-0.4, -0.2) is 36.0 Å². The molecule has 4 nitrogen and oxygen atoms in total. The van der Waals surface area contributed by atoms with Crippen molar-refractivity contribution in [3.05, 3.63) is 42.0 Å².